The van der Waals surface area contributed by atoms with E-state index < -0.39 is 39.6 Å². The van der Waals surface area contributed by atoms with Crippen LogP contribution in [-0.4, -0.2) is 64.4 Å². The summed E-state index contributed by atoms with van der Waals surface area (Å²) in [6, 6.07) is 0. The molecule has 0 aliphatic heterocycles. The van der Waals surface area contributed by atoms with E-state index in [1.807, 2.05) is 6.92 Å². The molecule has 0 unspecified atom stereocenters. The molecule has 0 heterocycles. The summed E-state index contributed by atoms with van der Waals surface area (Å²) < 4.78 is 25.9. The molecule has 176 valence electrons. The maximum atomic E-state index is 12.4. The number of allylic oxidation sites excluding steroid dienone is 1. The lowest BCUT2D eigenvalue weighted by Gasteiger charge is -2.60. The molecule has 0 amide bonds. The Morgan fingerprint density at radius 2 is 1.81 bits per heavy atom. The first-order valence-electron chi connectivity index (χ1n) is 10.9. The summed E-state index contributed by atoms with van der Waals surface area (Å²) in [6.45, 7) is 3.46. The Kier molecular flexibility index (Phi) is 6.34. The second kappa shape index (κ2) is 8.02. The van der Waals surface area contributed by atoms with Crippen molar-refractivity contribution < 1.29 is 37.9 Å². The first kappa shape index (κ1) is 24.5. The van der Waals surface area contributed by atoms with E-state index in [0.29, 0.717) is 25.5 Å². The molecule has 3 fully saturated rings. The van der Waals surface area contributed by atoms with Gasteiger partial charge in [-0.1, -0.05) is 19.4 Å². The lowest BCUT2D eigenvalue weighted by atomic mass is 9.45. The minimum Gasteiger partial charge on any atom is -0.393 e. The molecule has 7 atom stereocenters. The van der Waals surface area contributed by atoms with Crippen molar-refractivity contribution in [3.63, 3.8) is 0 Å². The zero-order valence-electron chi connectivity index (χ0n) is 18.4. The Balaban J connectivity index is 0.000000491. The number of hydrogen-bond acceptors (Lipinski definition) is 7. The monoisotopic (exact) mass is 458 g/mol. The molecule has 0 saturated heterocycles. The Labute approximate surface area is 183 Å². The largest absolute Gasteiger partial charge is 0.393 e. The number of Topliss-reactive ketones (excluding diaryl/α,β-unsaturated/α-hetero) is 1. The third kappa shape index (κ3) is 4.04. The molecule has 8 nitrogen and oxygen atoms in total. The standard InChI is InChI=1S/C21H30O5.CH4O3S/c1-19-7-5-13(23)9-12(19)3-4-14-15-6-8-21(26,17(25)11-22)20(15,2)10-16(24)18(14)19;1-5(2,3)4/h9,14-16,18,22,24,26H,3-8,10-11H2,1-2H3;1H3,(H,2,3,4)/t14-,15-,16-,18+,19-,20-,21-;/m0./s1. The fraction of sp³-hybridized carbons (Fsp3) is 0.818. The Hall–Kier alpha value is -1.13. The van der Waals surface area contributed by atoms with E-state index in [1.54, 1.807) is 6.08 Å². The van der Waals surface area contributed by atoms with Gasteiger partial charge in [-0.3, -0.25) is 14.1 Å². The lowest BCUT2D eigenvalue weighted by Crippen LogP contribution is -2.62. The van der Waals surface area contributed by atoms with Crippen LogP contribution in [0.3, 0.4) is 0 Å². The average molecular weight is 459 g/mol. The second-order valence-electron chi connectivity index (χ2n) is 10.3. The molecule has 0 aromatic carbocycles. The molecule has 4 rings (SSSR count). The van der Waals surface area contributed by atoms with Crippen molar-refractivity contribution in [3.8, 4) is 0 Å². The fourth-order valence-electron chi connectivity index (χ4n) is 7.28. The van der Waals surface area contributed by atoms with E-state index in [0.717, 1.165) is 25.7 Å². The molecular formula is C22H34O8S. The predicted octanol–water partition coefficient (Wildman–Crippen LogP) is 1.29. The lowest BCUT2D eigenvalue weighted by molar-refractivity contribution is -0.182. The molecule has 31 heavy (non-hydrogen) atoms. The molecular weight excluding hydrogens is 424 g/mol. The number of fused-ring (bicyclic) bond motifs is 5. The van der Waals surface area contributed by atoms with Gasteiger partial charge in [-0.25, -0.2) is 0 Å². The highest BCUT2D eigenvalue weighted by Crippen LogP contribution is 2.67. The van der Waals surface area contributed by atoms with E-state index in [9.17, 15) is 33.3 Å². The van der Waals surface area contributed by atoms with Gasteiger partial charge in [0.15, 0.2) is 11.6 Å². The highest BCUT2D eigenvalue weighted by atomic mass is 32.2. The summed E-state index contributed by atoms with van der Waals surface area (Å²) in [5.41, 5.74) is -1.23. The van der Waals surface area contributed by atoms with Crippen LogP contribution in [0.4, 0.5) is 0 Å². The van der Waals surface area contributed by atoms with Crippen molar-refractivity contribution in [2.75, 3.05) is 12.9 Å². The van der Waals surface area contributed by atoms with Gasteiger partial charge in [0.05, 0.1) is 12.4 Å². The van der Waals surface area contributed by atoms with Crippen molar-refractivity contribution >= 4 is 21.7 Å². The summed E-state index contributed by atoms with van der Waals surface area (Å²) in [5, 5.41) is 31.7. The molecule has 0 aromatic heterocycles. The van der Waals surface area contributed by atoms with Crippen molar-refractivity contribution in [1.29, 1.82) is 0 Å². The van der Waals surface area contributed by atoms with Crippen LogP contribution in [0, 0.1) is 28.6 Å². The van der Waals surface area contributed by atoms with E-state index in [1.165, 1.54) is 5.57 Å². The van der Waals surface area contributed by atoms with Gasteiger partial charge < -0.3 is 15.3 Å². The normalized spacial score (nSPS) is 44.2. The zero-order chi connectivity index (χ0) is 23.4. The van der Waals surface area contributed by atoms with Gasteiger partial charge in [-0.05, 0) is 67.8 Å². The molecule has 0 bridgehead atoms. The predicted molar refractivity (Wildman–Crippen MR) is 113 cm³/mol. The van der Waals surface area contributed by atoms with E-state index >= 15 is 0 Å². The van der Waals surface area contributed by atoms with Crippen molar-refractivity contribution in [2.24, 2.45) is 28.6 Å². The molecule has 4 N–H and O–H groups in total. The zero-order valence-corrected chi connectivity index (χ0v) is 19.2. The molecule has 0 spiro atoms. The van der Waals surface area contributed by atoms with Crippen LogP contribution >= 0.6 is 0 Å². The Morgan fingerprint density at radius 1 is 1.19 bits per heavy atom. The first-order valence-corrected chi connectivity index (χ1v) is 12.7. The number of aliphatic hydroxyl groups excluding tert-OH is 2. The van der Waals surface area contributed by atoms with E-state index in [2.05, 4.69) is 6.92 Å². The van der Waals surface area contributed by atoms with Crippen LogP contribution in [-0.2, 0) is 19.7 Å². The molecule has 9 heteroatoms. The number of rotatable bonds is 2. The first-order chi connectivity index (χ1) is 14.2. The van der Waals surface area contributed by atoms with E-state index in [-0.39, 0.29) is 29.0 Å². The van der Waals surface area contributed by atoms with Gasteiger partial charge in [-0.2, -0.15) is 8.42 Å². The summed E-state index contributed by atoms with van der Waals surface area (Å²) in [6.07, 6.45) is 6.45. The maximum Gasteiger partial charge on any atom is 0.261 e. The maximum absolute atomic E-state index is 12.4. The smallest absolute Gasteiger partial charge is 0.261 e. The quantitative estimate of drug-likeness (QED) is 0.452. The average Bonchev–Trinajstić information content (AvgIpc) is 2.91. The SMILES string of the molecule is CS(=O)(=O)O.C[C@]12CCC(=O)C=C1CC[C@@H]1[C@@H]2[C@@H](O)C[C@@]2(C)[C@H]1CC[C@]2(O)C(=O)CO. The highest BCUT2D eigenvalue weighted by Gasteiger charge is 2.68. The number of hydrogen-bond donors (Lipinski definition) is 4. The topological polar surface area (TPSA) is 149 Å². The van der Waals surface area contributed by atoms with Gasteiger partial charge in [0.25, 0.3) is 10.1 Å². The summed E-state index contributed by atoms with van der Waals surface area (Å²) in [7, 11) is -3.67. The number of carbonyl (C=O) groups is 2. The third-order valence-corrected chi connectivity index (χ3v) is 8.65. The summed E-state index contributed by atoms with van der Waals surface area (Å²) >= 11 is 0. The summed E-state index contributed by atoms with van der Waals surface area (Å²) in [4.78, 5) is 24.3. The minimum absolute atomic E-state index is 0.0697. The van der Waals surface area contributed by atoms with E-state index in [4.69, 9.17) is 4.55 Å². The van der Waals surface area contributed by atoms with Crippen LogP contribution < -0.4 is 0 Å². The number of aliphatic hydroxyl groups is 3. The van der Waals surface area contributed by atoms with Crippen LogP contribution in [0.1, 0.15) is 58.8 Å². The van der Waals surface area contributed by atoms with Crippen LogP contribution in [0.25, 0.3) is 0 Å². The van der Waals surface area contributed by atoms with Gasteiger partial charge in [0, 0.05) is 11.8 Å². The highest BCUT2D eigenvalue weighted by molar-refractivity contribution is 7.85. The molecule has 0 aromatic rings. The van der Waals surface area contributed by atoms with Crippen LogP contribution in [0.2, 0.25) is 0 Å². The molecule has 3 saturated carbocycles. The Bertz CT molecular complexity index is 887. The van der Waals surface area contributed by atoms with Crippen molar-refractivity contribution in [1.82, 2.24) is 0 Å². The number of carbonyl (C=O) groups excluding carboxylic acids is 2. The summed E-state index contributed by atoms with van der Waals surface area (Å²) in [5.74, 6) is 0.140. The van der Waals surface area contributed by atoms with Crippen LogP contribution in [0.5, 0.6) is 0 Å². The Morgan fingerprint density at radius 3 is 2.39 bits per heavy atom. The molecule has 0 radical (unpaired) electrons. The fourth-order valence-corrected chi connectivity index (χ4v) is 7.28. The molecule has 4 aliphatic rings. The van der Waals surface area contributed by atoms with Crippen LogP contribution in [0.15, 0.2) is 11.6 Å². The van der Waals surface area contributed by atoms with Crippen molar-refractivity contribution in [3.05, 3.63) is 11.6 Å². The second-order valence-corrected chi connectivity index (χ2v) is 11.8. The van der Waals surface area contributed by atoms with Gasteiger partial charge >= 0.3 is 0 Å². The molecule has 4 aliphatic carbocycles. The van der Waals surface area contributed by atoms with Gasteiger partial charge in [-0.15, -0.1) is 0 Å². The minimum atomic E-state index is -3.67. The number of ketones is 2. The van der Waals surface area contributed by atoms with Gasteiger partial charge in [0.1, 0.15) is 12.2 Å². The van der Waals surface area contributed by atoms with Gasteiger partial charge in [0.2, 0.25) is 0 Å². The third-order valence-electron chi connectivity index (χ3n) is 8.65. The van der Waals surface area contributed by atoms with Crippen molar-refractivity contribution in [2.45, 2.75) is 70.5 Å².